The number of likely N-dealkylation sites (N-methyl/N-ethyl adjacent to an activating group) is 2. The van der Waals surface area contributed by atoms with Gasteiger partial charge in [-0.05, 0) is 19.1 Å². The van der Waals surface area contributed by atoms with Crippen molar-refractivity contribution in [3.05, 3.63) is 33.8 Å². The molecule has 1 aromatic rings. The van der Waals surface area contributed by atoms with Crippen LogP contribution in [0.4, 0.5) is 0 Å². The second-order valence-electron chi connectivity index (χ2n) is 4.79. The summed E-state index contributed by atoms with van der Waals surface area (Å²) in [6.07, 6.45) is 0. The number of halogens is 2. The van der Waals surface area contributed by atoms with Crippen molar-refractivity contribution < 1.29 is 14.5 Å². The Kier molecular flexibility index (Phi) is 7.50. The van der Waals surface area contributed by atoms with Gasteiger partial charge in [-0.1, -0.05) is 29.3 Å². The first-order valence-corrected chi connectivity index (χ1v) is 7.46. The molecule has 0 aromatic heterocycles. The largest absolute Gasteiger partial charge is 0.355 e. The van der Waals surface area contributed by atoms with Crippen LogP contribution in [0.5, 0.6) is 0 Å². The average Bonchev–Trinajstić information content (AvgIpc) is 2.41. The van der Waals surface area contributed by atoms with Crippen molar-refractivity contribution in [1.82, 2.24) is 10.6 Å². The fraction of sp³-hybridized carbons (Fsp3) is 0.429. The highest BCUT2D eigenvalue weighted by atomic mass is 35.5. The van der Waals surface area contributed by atoms with E-state index in [2.05, 4.69) is 10.6 Å². The van der Waals surface area contributed by atoms with Gasteiger partial charge in [0, 0.05) is 12.1 Å². The standard InChI is InChI=1S/C14H19Cl2N3O2/c1-3-17-13(20)7-18-14(21)9-19(2)8-10-4-5-11(15)12(16)6-10/h4-6H,3,7-9H2,1-2H3,(H,17,20)(H,18,21)/p+1. The van der Waals surface area contributed by atoms with Gasteiger partial charge < -0.3 is 15.5 Å². The van der Waals surface area contributed by atoms with Gasteiger partial charge >= 0.3 is 0 Å². The number of benzene rings is 1. The molecule has 1 atom stereocenters. The van der Waals surface area contributed by atoms with E-state index in [1.165, 1.54) is 0 Å². The van der Waals surface area contributed by atoms with E-state index in [1.807, 2.05) is 20.0 Å². The molecule has 0 fully saturated rings. The molecule has 0 spiro atoms. The normalized spacial score (nSPS) is 11.8. The highest BCUT2D eigenvalue weighted by Gasteiger charge is 2.12. The smallest absolute Gasteiger partial charge is 0.275 e. The fourth-order valence-electron chi connectivity index (χ4n) is 1.84. The lowest BCUT2D eigenvalue weighted by Crippen LogP contribution is -3.08. The lowest BCUT2D eigenvalue weighted by molar-refractivity contribution is -0.885. The van der Waals surface area contributed by atoms with Crippen LogP contribution < -0.4 is 15.5 Å². The molecular formula is C14H20Cl2N3O2+. The van der Waals surface area contributed by atoms with Crippen LogP contribution in [0.2, 0.25) is 10.0 Å². The molecule has 21 heavy (non-hydrogen) atoms. The monoisotopic (exact) mass is 332 g/mol. The van der Waals surface area contributed by atoms with E-state index in [4.69, 9.17) is 23.2 Å². The maximum atomic E-state index is 11.7. The van der Waals surface area contributed by atoms with Crippen LogP contribution in [-0.2, 0) is 16.1 Å². The quantitative estimate of drug-likeness (QED) is 0.670. The third-order valence-electron chi connectivity index (χ3n) is 2.77. The Morgan fingerprint density at radius 1 is 1.14 bits per heavy atom. The zero-order chi connectivity index (χ0) is 15.8. The minimum Gasteiger partial charge on any atom is -0.355 e. The van der Waals surface area contributed by atoms with Crippen molar-refractivity contribution in [1.29, 1.82) is 0 Å². The van der Waals surface area contributed by atoms with Crippen LogP contribution in [-0.4, -0.2) is 38.5 Å². The lowest BCUT2D eigenvalue weighted by Gasteiger charge is -2.14. The second-order valence-corrected chi connectivity index (χ2v) is 5.60. The molecule has 0 aliphatic carbocycles. The molecular weight excluding hydrogens is 313 g/mol. The molecule has 0 saturated heterocycles. The van der Waals surface area contributed by atoms with Crippen molar-refractivity contribution in [2.24, 2.45) is 0 Å². The number of quaternary nitrogens is 1. The molecule has 1 rings (SSSR count). The van der Waals surface area contributed by atoms with Crippen LogP contribution >= 0.6 is 23.2 Å². The number of rotatable bonds is 7. The molecule has 0 heterocycles. The summed E-state index contributed by atoms with van der Waals surface area (Å²) in [6, 6.07) is 5.41. The van der Waals surface area contributed by atoms with Gasteiger partial charge in [-0.15, -0.1) is 0 Å². The van der Waals surface area contributed by atoms with Crippen LogP contribution in [0.1, 0.15) is 12.5 Å². The molecule has 0 saturated carbocycles. The van der Waals surface area contributed by atoms with Gasteiger partial charge in [0.2, 0.25) is 5.91 Å². The van der Waals surface area contributed by atoms with Gasteiger partial charge in [-0.25, -0.2) is 0 Å². The highest BCUT2D eigenvalue weighted by molar-refractivity contribution is 6.42. The Morgan fingerprint density at radius 3 is 2.48 bits per heavy atom. The van der Waals surface area contributed by atoms with Crippen LogP contribution in [0, 0.1) is 0 Å². The van der Waals surface area contributed by atoms with Gasteiger partial charge in [0.25, 0.3) is 5.91 Å². The van der Waals surface area contributed by atoms with E-state index in [0.717, 1.165) is 10.5 Å². The molecule has 2 amide bonds. The molecule has 0 radical (unpaired) electrons. The first-order chi connectivity index (χ1) is 9.92. The predicted molar refractivity (Wildman–Crippen MR) is 83.6 cm³/mol. The number of hydrogen-bond acceptors (Lipinski definition) is 2. The van der Waals surface area contributed by atoms with Gasteiger partial charge in [0.15, 0.2) is 6.54 Å². The van der Waals surface area contributed by atoms with E-state index in [-0.39, 0.29) is 24.9 Å². The summed E-state index contributed by atoms with van der Waals surface area (Å²) >= 11 is 11.8. The Labute approximate surface area is 134 Å². The van der Waals surface area contributed by atoms with Crippen molar-refractivity contribution >= 4 is 35.0 Å². The van der Waals surface area contributed by atoms with E-state index in [0.29, 0.717) is 23.1 Å². The Morgan fingerprint density at radius 2 is 1.86 bits per heavy atom. The van der Waals surface area contributed by atoms with Gasteiger partial charge in [-0.2, -0.15) is 0 Å². The SMILES string of the molecule is CCNC(=O)CNC(=O)C[NH+](C)Cc1ccc(Cl)c(Cl)c1. The Balaban J connectivity index is 2.38. The van der Waals surface area contributed by atoms with Crippen LogP contribution in [0.3, 0.4) is 0 Å². The number of nitrogens with one attached hydrogen (secondary N) is 3. The first kappa shape index (κ1) is 17.8. The van der Waals surface area contributed by atoms with Gasteiger partial charge in [0.1, 0.15) is 6.54 Å². The van der Waals surface area contributed by atoms with Crippen molar-refractivity contribution in [3.63, 3.8) is 0 Å². The third kappa shape index (κ3) is 6.80. The first-order valence-electron chi connectivity index (χ1n) is 6.71. The minimum absolute atomic E-state index is 0.00667. The molecule has 0 bridgehead atoms. The topological polar surface area (TPSA) is 62.6 Å². The summed E-state index contributed by atoms with van der Waals surface area (Å²) in [5, 5.41) is 6.22. The summed E-state index contributed by atoms with van der Waals surface area (Å²) in [5.74, 6) is -0.355. The van der Waals surface area contributed by atoms with Gasteiger partial charge in [0.05, 0.1) is 23.6 Å². The predicted octanol–water partition coefficient (Wildman–Crippen LogP) is 0.260. The van der Waals surface area contributed by atoms with Gasteiger partial charge in [-0.3, -0.25) is 9.59 Å². The molecule has 1 unspecified atom stereocenters. The number of carbonyl (C=O) groups is 2. The van der Waals surface area contributed by atoms with E-state index in [9.17, 15) is 9.59 Å². The van der Waals surface area contributed by atoms with Crippen molar-refractivity contribution in [2.45, 2.75) is 13.5 Å². The summed E-state index contributed by atoms with van der Waals surface area (Å²) in [5.41, 5.74) is 0.999. The van der Waals surface area contributed by atoms with Crippen molar-refractivity contribution in [3.8, 4) is 0 Å². The van der Waals surface area contributed by atoms with E-state index in [1.54, 1.807) is 12.1 Å². The van der Waals surface area contributed by atoms with Crippen LogP contribution in [0.15, 0.2) is 18.2 Å². The maximum Gasteiger partial charge on any atom is 0.275 e. The fourth-order valence-corrected chi connectivity index (χ4v) is 2.16. The summed E-state index contributed by atoms with van der Waals surface area (Å²) < 4.78 is 0. The zero-order valence-corrected chi connectivity index (χ0v) is 13.6. The maximum absolute atomic E-state index is 11.7. The lowest BCUT2D eigenvalue weighted by atomic mass is 10.2. The molecule has 3 N–H and O–H groups in total. The molecule has 116 valence electrons. The molecule has 0 aliphatic heterocycles. The summed E-state index contributed by atoms with van der Waals surface area (Å²) in [7, 11) is 1.90. The number of carbonyl (C=O) groups excluding carboxylic acids is 2. The molecule has 5 nitrogen and oxygen atoms in total. The molecule has 7 heteroatoms. The average molecular weight is 333 g/mol. The van der Waals surface area contributed by atoms with E-state index < -0.39 is 0 Å². The number of hydrogen-bond donors (Lipinski definition) is 3. The van der Waals surface area contributed by atoms with Crippen molar-refractivity contribution in [2.75, 3.05) is 26.7 Å². The molecule has 0 aliphatic rings. The van der Waals surface area contributed by atoms with Crippen LogP contribution in [0.25, 0.3) is 0 Å². The summed E-state index contributed by atoms with van der Waals surface area (Å²) in [4.78, 5) is 23.9. The summed E-state index contributed by atoms with van der Waals surface area (Å²) in [6.45, 7) is 3.31. The number of amides is 2. The Hall–Kier alpha value is -1.30. The minimum atomic E-state index is -0.187. The van der Waals surface area contributed by atoms with E-state index >= 15 is 0 Å². The Bertz CT molecular complexity index is 509. The zero-order valence-electron chi connectivity index (χ0n) is 12.1. The second kappa shape index (κ2) is 8.87. The molecule has 1 aromatic carbocycles. The highest BCUT2D eigenvalue weighted by Crippen LogP contribution is 2.22. The third-order valence-corrected chi connectivity index (χ3v) is 3.51.